The van der Waals surface area contributed by atoms with Gasteiger partial charge in [-0.3, -0.25) is 14.9 Å². The Balaban J connectivity index is 1.86. The van der Waals surface area contributed by atoms with Crippen LogP contribution in [0.4, 0.5) is 5.69 Å². The zero-order valence-electron chi connectivity index (χ0n) is 17.7. The Morgan fingerprint density at radius 2 is 1.70 bits per heavy atom. The molecule has 0 unspecified atom stereocenters. The Hall–Kier alpha value is -3.74. The maximum absolute atomic E-state index is 12.4. The molecule has 2 aromatic carbocycles. The number of nitro benzene ring substituents is 1. The second kappa shape index (κ2) is 8.32. The second-order valence-electron chi connectivity index (χ2n) is 7.31. The molecule has 0 atom stereocenters. The molecular formula is C23H24N4O3. The number of hydrazone groups is 1. The summed E-state index contributed by atoms with van der Waals surface area (Å²) in [5, 5.41) is 15.2. The highest BCUT2D eigenvalue weighted by Gasteiger charge is 2.18. The van der Waals surface area contributed by atoms with E-state index < -0.39 is 10.8 Å². The molecule has 3 rings (SSSR count). The van der Waals surface area contributed by atoms with Crippen LogP contribution in [0.15, 0.2) is 47.6 Å². The van der Waals surface area contributed by atoms with E-state index in [-0.39, 0.29) is 11.3 Å². The average Bonchev–Trinajstić information content (AvgIpc) is 2.95. The van der Waals surface area contributed by atoms with Crippen LogP contribution in [0.25, 0.3) is 5.69 Å². The van der Waals surface area contributed by atoms with E-state index in [4.69, 9.17) is 0 Å². The van der Waals surface area contributed by atoms with Crippen LogP contribution in [0.3, 0.4) is 0 Å². The highest BCUT2D eigenvalue weighted by molar-refractivity contribution is 5.97. The zero-order chi connectivity index (χ0) is 22.0. The van der Waals surface area contributed by atoms with E-state index in [9.17, 15) is 14.9 Å². The van der Waals surface area contributed by atoms with Crippen LogP contribution in [-0.4, -0.2) is 21.6 Å². The molecule has 0 aliphatic carbocycles. The van der Waals surface area contributed by atoms with Gasteiger partial charge in [0.15, 0.2) is 0 Å². The van der Waals surface area contributed by atoms with Crippen molar-refractivity contribution in [1.82, 2.24) is 9.99 Å². The second-order valence-corrected chi connectivity index (χ2v) is 7.31. The number of carbonyl (C=O) groups excluding carboxylic acids is 1. The van der Waals surface area contributed by atoms with Crippen LogP contribution in [0.2, 0.25) is 0 Å². The Morgan fingerprint density at radius 1 is 1.07 bits per heavy atom. The topological polar surface area (TPSA) is 89.5 Å². The maximum Gasteiger partial charge on any atom is 0.273 e. The molecule has 7 nitrogen and oxygen atoms in total. The minimum Gasteiger partial charge on any atom is -0.317 e. The molecule has 30 heavy (non-hydrogen) atoms. The summed E-state index contributed by atoms with van der Waals surface area (Å²) >= 11 is 0. The summed E-state index contributed by atoms with van der Waals surface area (Å²) in [7, 11) is 0. The number of aromatic nitrogens is 1. The van der Waals surface area contributed by atoms with Gasteiger partial charge in [0, 0.05) is 28.6 Å². The fraction of sp³-hybridized carbons (Fsp3) is 0.217. The highest BCUT2D eigenvalue weighted by Crippen LogP contribution is 2.25. The van der Waals surface area contributed by atoms with Crippen molar-refractivity contribution in [2.24, 2.45) is 5.10 Å². The number of nitrogens with one attached hydrogen (secondary N) is 1. The maximum atomic E-state index is 12.4. The number of nitro groups is 1. The fourth-order valence-electron chi connectivity index (χ4n) is 3.71. The smallest absolute Gasteiger partial charge is 0.273 e. The van der Waals surface area contributed by atoms with Gasteiger partial charge in [-0.2, -0.15) is 5.10 Å². The number of amides is 1. The van der Waals surface area contributed by atoms with Gasteiger partial charge in [0.25, 0.3) is 11.6 Å². The summed E-state index contributed by atoms with van der Waals surface area (Å²) in [5.41, 5.74) is 9.36. The lowest BCUT2D eigenvalue weighted by Gasteiger charge is -2.15. The fourth-order valence-corrected chi connectivity index (χ4v) is 3.71. The quantitative estimate of drug-likeness (QED) is 0.380. The largest absolute Gasteiger partial charge is 0.317 e. The van der Waals surface area contributed by atoms with Crippen molar-refractivity contribution in [3.8, 4) is 5.69 Å². The molecule has 1 N–H and O–H groups in total. The Morgan fingerprint density at radius 3 is 2.33 bits per heavy atom. The summed E-state index contributed by atoms with van der Waals surface area (Å²) < 4.78 is 2.18. The van der Waals surface area contributed by atoms with Crippen LogP contribution in [0, 0.1) is 44.7 Å². The van der Waals surface area contributed by atoms with E-state index in [1.807, 2.05) is 26.0 Å². The van der Waals surface area contributed by atoms with Gasteiger partial charge in [-0.15, -0.1) is 0 Å². The van der Waals surface area contributed by atoms with Crippen LogP contribution in [0.1, 0.15) is 44.0 Å². The molecule has 0 saturated carbocycles. The van der Waals surface area contributed by atoms with Gasteiger partial charge in [-0.1, -0.05) is 24.3 Å². The normalized spacial score (nSPS) is 11.1. The number of carbonyl (C=O) groups is 1. The molecule has 3 aromatic rings. The number of rotatable bonds is 5. The number of nitrogens with zero attached hydrogens (tertiary/aromatic N) is 3. The first-order chi connectivity index (χ1) is 14.2. The molecule has 0 aliphatic heterocycles. The van der Waals surface area contributed by atoms with Gasteiger partial charge in [0.2, 0.25) is 0 Å². The van der Waals surface area contributed by atoms with Crippen molar-refractivity contribution in [3.63, 3.8) is 0 Å². The lowest BCUT2D eigenvalue weighted by atomic mass is 10.1. The third kappa shape index (κ3) is 3.87. The van der Waals surface area contributed by atoms with Crippen molar-refractivity contribution in [2.45, 2.75) is 34.6 Å². The minimum absolute atomic E-state index is 0.0937. The van der Waals surface area contributed by atoms with Gasteiger partial charge >= 0.3 is 0 Å². The highest BCUT2D eigenvalue weighted by atomic mass is 16.6. The van der Waals surface area contributed by atoms with Crippen molar-refractivity contribution in [2.75, 3.05) is 0 Å². The number of hydrogen-bond acceptors (Lipinski definition) is 4. The molecule has 0 spiro atoms. The Labute approximate surface area is 175 Å². The third-order valence-corrected chi connectivity index (χ3v) is 5.25. The first kappa shape index (κ1) is 21.0. The molecule has 0 radical (unpaired) electrons. The average molecular weight is 404 g/mol. The van der Waals surface area contributed by atoms with E-state index in [0.717, 1.165) is 22.6 Å². The summed E-state index contributed by atoms with van der Waals surface area (Å²) in [4.78, 5) is 23.0. The third-order valence-electron chi connectivity index (χ3n) is 5.25. The molecule has 1 amide bonds. The molecular weight excluding hydrogens is 380 g/mol. The first-order valence-electron chi connectivity index (χ1n) is 9.55. The van der Waals surface area contributed by atoms with Crippen molar-refractivity contribution in [3.05, 3.63) is 91.8 Å². The predicted molar refractivity (Wildman–Crippen MR) is 118 cm³/mol. The number of hydrogen-bond donors (Lipinski definition) is 1. The molecule has 0 bridgehead atoms. The van der Waals surface area contributed by atoms with Crippen LogP contribution in [0.5, 0.6) is 0 Å². The summed E-state index contributed by atoms with van der Waals surface area (Å²) in [5.74, 6) is -0.490. The first-order valence-corrected chi connectivity index (χ1v) is 9.55. The number of aryl methyl sites for hydroxylation is 3. The van der Waals surface area contributed by atoms with E-state index >= 15 is 0 Å². The Kier molecular flexibility index (Phi) is 5.82. The van der Waals surface area contributed by atoms with E-state index in [1.54, 1.807) is 19.2 Å². The van der Waals surface area contributed by atoms with Gasteiger partial charge in [0.05, 0.1) is 22.4 Å². The van der Waals surface area contributed by atoms with E-state index in [1.165, 1.54) is 23.3 Å². The molecule has 154 valence electrons. The monoisotopic (exact) mass is 404 g/mol. The van der Waals surface area contributed by atoms with Crippen molar-refractivity contribution < 1.29 is 9.72 Å². The van der Waals surface area contributed by atoms with Gasteiger partial charge < -0.3 is 4.57 Å². The van der Waals surface area contributed by atoms with Gasteiger partial charge in [-0.25, -0.2) is 5.43 Å². The van der Waals surface area contributed by atoms with E-state index in [2.05, 4.69) is 41.1 Å². The summed E-state index contributed by atoms with van der Waals surface area (Å²) in [6.45, 7) is 9.75. The standard InChI is InChI=1S/C23H24N4O3/c1-14-8-6-9-15(2)22(14)26-16(3)12-19(18(26)5)13-24-25-23(28)20-10-7-11-21(17(20)4)27(29)30/h6-13H,1-5H3,(H,25,28)/b24-13-. The molecule has 0 saturated heterocycles. The molecule has 0 aliphatic rings. The van der Waals surface area contributed by atoms with Gasteiger partial charge in [0.1, 0.15) is 0 Å². The van der Waals surface area contributed by atoms with Crippen molar-refractivity contribution >= 4 is 17.8 Å². The van der Waals surface area contributed by atoms with Gasteiger partial charge in [-0.05, 0) is 57.9 Å². The summed E-state index contributed by atoms with van der Waals surface area (Å²) in [6, 6.07) is 12.6. The molecule has 1 heterocycles. The van der Waals surface area contributed by atoms with Crippen LogP contribution < -0.4 is 5.43 Å². The molecule has 1 aromatic heterocycles. The number of benzene rings is 2. The van der Waals surface area contributed by atoms with Crippen molar-refractivity contribution in [1.29, 1.82) is 0 Å². The lowest BCUT2D eigenvalue weighted by molar-refractivity contribution is -0.385. The summed E-state index contributed by atoms with van der Waals surface area (Å²) in [6.07, 6.45) is 1.59. The predicted octanol–water partition coefficient (Wildman–Crippen LogP) is 4.69. The van der Waals surface area contributed by atoms with Crippen LogP contribution in [-0.2, 0) is 0 Å². The van der Waals surface area contributed by atoms with Crippen LogP contribution >= 0.6 is 0 Å². The minimum atomic E-state index is -0.502. The zero-order valence-corrected chi connectivity index (χ0v) is 17.7. The SMILES string of the molecule is Cc1cccc(C)c1-n1c(C)cc(/C=N\NC(=O)c2cccc([N+](=O)[O-])c2C)c1C. The lowest BCUT2D eigenvalue weighted by Crippen LogP contribution is -2.19. The number of para-hydroxylation sites is 1. The molecule has 7 heteroatoms. The van der Waals surface area contributed by atoms with E-state index in [0.29, 0.717) is 5.56 Å². The Bertz CT molecular complexity index is 1160. The molecule has 0 fully saturated rings.